The maximum absolute atomic E-state index is 12.0. The lowest BCUT2D eigenvalue weighted by Crippen LogP contribution is -2.18. The van der Waals surface area contributed by atoms with Gasteiger partial charge >= 0.3 is 0 Å². The van der Waals surface area contributed by atoms with Crippen LogP contribution in [0, 0.1) is 4.77 Å². The van der Waals surface area contributed by atoms with Gasteiger partial charge in [0.2, 0.25) is 0 Å². The standard InChI is InChI=1S/C20H18N4OS/c21-17(13-6-2-1-3-7-13)15-9-5-4-8-14(15)12-24-16-10-11-22-18(16)19(25)23-20(24)26/h1-11,17,22H,12,21H2,(H,23,25,26)/t17-/m1/s1. The normalized spacial score (nSPS) is 12.3. The molecule has 4 aromatic rings. The molecule has 2 aromatic carbocycles. The third kappa shape index (κ3) is 2.89. The van der Waals surface area contributed by atoms with Crippen LogP contribution in [0.5, 0.6) is 0 Å². The van der Waals surface area contributed by atoms with E-state index in [4.69, 9.17) is 18.0 Å². The quantitative estimate of drug-likeness (QED) is 0.486. The second-order valence-electron chi connectivity index (χ2n) is 6.17. The van der Waals surface area contributed by atoms with Crippen molar-refractivity contribution in [2.75, 3.05) is 0 Å². The summed E-state index contributed by atoms with van der Waals surface area (Å²) in [7, 11) is 0. The summed E-state index contributed by atoms with van der Waals surface area (Å²) < 4.78 is 2.31. The molecule has 0 amide bonds. The van der Waals surface area contributed by atoms with Gasteiger partial charge in [0.1, 0.15) is 5.52 Å². The van der Waals surface area contributed by atoms with E-state index in [0.717, 1.165) is 22.2 Å². The zero-order chi connectivity index (χ0) is 18.1. The third-order valence-electron chi connectivity index (χ3n) is 4.59. The minimum Gasteiger partial charge on any atom is -0.355 e. The number of nitrogens with zero attached hydrogens (tertiary/aromatic N) is 1. The predicted octanol–water partition coefficient (Wildman–Crippen LogP) is 3.48. The Bertz CT molecular complexity index is 1170. The Morgan fingerprint density at radius 3 is 2.58 bits per heavy atom. The second-order valence-corrected chi connectivity index (χ2v) is 6.56. The van der Waals surface area contributed by atoms with Gasteiger partial charge in [-0.15, -0.1) is 0 Å². The van der Waals surface area contributed by atoms with Crippen LogP contribution < -0.4 is 11.3 Å². The Hall–Kier alpha value is -2.96. The second kappa shape index (κ2) is 6.74. The van der Waals surface area contributed by atoms with Gasteiger partial charge in [0.15, 0.2) is 4.77 Å². The number of benzene rings is 2. The Kier molecular flexibility index (Phi) is 4.28. The predicted molar refractivity (Wildman–Crippen MR) is 106 cm³/mol. The van der Waals surface area contributed by atoms with Gasteiger partial charge in [0, 0.05) is 6.20 Å². The van der Waals surface area contributed by atoms with Gasteiger partial charge in [-0.3, -0.25) is 9.78 Å². The molecule has 0 bridgehead atoms. The monoisotopic (exact) mass is 362 g/mol. The molecule has 0 fully saturated rings. The van der Waals surface area contributed by atoms with Crippen LogP contribution in [-0.2, 0) is 6.54 Å². The van der Waals surface area contributed by atoms with E-state index in [2.05, 4.69) is 9.97 Å². The van der Waals surface area contributed by atoms with Crippen LogP contribution in [0.4, 0.5) is 0 Å². The van der Waals surface area contributed by atoms with Crippen LogP contribution >= 0.6 is 12.2 Å². The summed E-state index contributed by atoms with van der Waals surface area (Å²) >= 11 is 5.40. The number of H-pyrrole nitrogens is 2. The van der Waals surface area contributed by atoms with Gasteiger partial charge in [0.05, 0.1) is 18.1 Å². The minimum atomic E-state index is -0.231. The van der Waals surface area contributed by atoms with Crippen molar-refractivity contribution in [2.24, 2.45) is 5.73 Å². The van der Waals surface area contributed by atoms with Gasteiger partial charge in [-0.2, -0.15) is 0 Å². The highest BCUT2D eigenvalue weighted by molar-refractivity contribution is 7.71. The van der Waals surface area contributed by atoms with Crippen molar-refractivity contribution in [3.05, 3.63) is 98.7 Å². The lowest BCUT2D eigenvalue weighted by atomic mass is 9.95. The van der Waals surface area contributed by atoms with Crippen LogP contribution in [0.1, 0.15) is 22.7 Å². The highest BCUT2D eigenvalue weighted by atomic mass is 32.1. The molecular weight excluding hydrogens is 344 g/mol. The molecule has 4 N–H and O–H groups in total. The maximum Gasteiger partial charge on any atom is 0.276 e. The zero-order valence-corrected chi connectivity index (χ0v) is 14.8. The summed E-state index contributed by atoms with van der Waals surface area (Å²) in [5.74, 6) is 0. The Morgan fingerprint density at radius 2 is 1.77 bits per heavy atom. The first kappa shape index (κ1) is 16.5. The summed E-state index contributed by atoms with van der Waals surface area (Å²) in [6, 6.07) is 19.7. The smallest absolute Gasteiger partial charge is 0.276 e. The van der Waals surface area contributed by atoms with Crippen LogP contribution in [0.15, 0.2) is 71.7 Å². The molecule has 0 radical (unpaired) electrons. The number of aromatic nitrogens is 3. The highest BCUT2D eigenvalue weighted by Gasteiger charge is 2.14. The molecule has 0 saturated carbocycles. The van der Waals surface area contributed by atoms with E-state index in [1.165, 1.54) is 0 Å². The minimum absolute atomic E-state index is 0.208. The molecule has 0 saturated heterocycles. The maximum atomic E-state index is 12.0. The van der Waals surface area contributed by atoms with Crippen molar-refractivity contribution in [3.8, 4) is 0 Å². The van der Waals surface area contributed by atoms with E-state index in [1.807, 2.05) is 65.2 Å². The van der Waals surface area contributed by atoms with E-state index in [9.17, 15) is 4.79 Å². The summed E-state index contributed by atoms with van der Waals surface area (Å²) in [6.45, 7) is 0.528. The molecule has 0 aliphatic carbocycles. The Balaban J connectivity index is 1.81. The number of aromatic amines is 2. The van der Waals surface area contributed by atoms with E-state index in [-0.39, 0.29) is 11.6 Å². The third-order valence-corrected chi connectivity index (χ3v) is 4.91. The first-order chi connectivity index (χ1) is 12.6. The number of hydrogen-bond donors (Lipinski definition) is 3. The van der Waals surface area contributed by atoms with Crippen molar-refractivity contribution in [1.29, 1.82) is 0 Å². The number of fused-ring (bicyclic) bond motifs is 1. The fraction of sp³-hybridized carbons (Fsp3) is 0.100. The molecule has 0 aliphatic heterocycles. The first-order valence-corrected chi connectivity index (χ1v) is 8.74. The summed E-state index contributed by atoms with van der Waals surface area (Å²) in [5.41, 5.74) is 10.8. The molecule has 130 valence electrons. The van der Waals surface area contributed by atoms with Gasteiger partial charge in [-0.25, -0.2) is 0 Å². The average molecular weight is 362 g/mol. The summed E-state index contributed by atoms with van der Waals surface area (Å²) in [4.78, 5) is 17.7. The Morgan fingerprint density at radius 1 is 1.04 bits per heavy atom. The highest BCUT2D eigenvalue weighted by Crippen LogP contribution is 2.24. The fourth-order valence-electron chi connectivity index (χ4n) is 3.25. The fourth-order valence-corrected chi connectivity index (χ4v) is 3.51. The van der Waals surface area contributed by atoms with E-state index in [1.54, 1.807) is 6.20 Å². The van der Waals surface area contributed by atoms with E-state index < -0.39 is 0 Å². The summed E-state index contributed by atoms with van der Waals surface area (Å²) in [5, 5.41) is 0. The molecule has 2 heterocycles. The van der Waals surface area contributed by atoms with Crippen molar-refractivity contribution in [1.82, 2.24) is 14.5 Å². The van der Waals surface area contributed by atoms with Crippen molar-refractivity contribution in [2.45, 2.75) is 12.6 Å². The molecule has 0 spiro atoms. The van der Waals surface area contributed by atoms with Gasteiger partial charge in [-0.05, 0) is 35.0 Å². The van der Waals surface area contributed by atoms with Gasteiger partial charge < -0.3 is 15.3 Å². The van der Waals surface area contributed by atoms with Crippen LogP contribution in [-0.4, -0.2) is 14.5 Å². The van der Waals surface area contributed by atoms with Crippen molar-refractivity contribution < 1.29 is 0 Å². The van der Waals surface area contributed by atoms with Crippen LogP contribution in [0.2, 0.25) is 0 Å². The lowest BCUT2D eigenvalue weighted by Gasteiger charge is -2.18. The van der Waals surface area contributed by atoms with Crippen molar-refractivity contribution in [3.63, 3.8) is 0 Å². The number of nitrogens with one attached hydrogen (secondary N) is 2. The molecular formula is C20H18N4OS. The molecule has 0 aliphatic rings. The number of hydrogen-bond acceptors (Lipinski definition) is 3. The average Bonchev–Trinajstić information content (AvgIpc) is 3.16. The summed E-state index contributed by atoms with van der Waals surface area (Å²) in [6.07, 6.45) is 1.74. The van der Waals surface area contributed by atoms with Gasteiger partial charge in [0.25, 0.3) is 5.56 Å². The molecule has 0 unspecified atom stereocenters. The largest absolute Gasteiger partial charge is 0.355 e. The van der Waals surface area contributed by atoms with Crippen LogP contribution in [0.3, 0.4) is 0 Å². The molecule has 5 nitrogen and oxygen atoms in total. The van der Waals surface area contributed by atoms with E-state index in [0.29, 0.717) is 16.8 Å². The van der Waals surface area contributed by atoms with Gasteiger partial charge in [-0.1, -0.05) is 54.6 Å². The molecule has 1 atom stereocenters. The Labute approximate surface area is 155 Å². The number of rotatable bonds is 4. The van der Waals surface area contributed by atoms with E-state index >= 15 is 0 Å². The van der Waals surface area contributed by atoms with Crippen LogP contribution in [0.25, 0.3) is 11.0 Å². The molecule has 2 aromatic heterocycles. The SMILES string of the molecule is N[C@H](c1ccccc1)c1ccccc1Cn1c(=S)[nH]c(=O)c2[nH]ccc21. The molecule has 4 rings (SSSR count). The number of nitrogens with two attached hydrogens (primary N) is 1. The zero-order valence-electron chi connectivity index (χ0n) is 14.0. The topological polar surface area (TPSA) is 79.6 Å². The van der Waals surface area contributed by atoms with Crippen molar-refractivity contribution >= 4 is 23.3 Å². The molecule has 6 heteroatoms. The molecule has 26 heavy (non-hydrogen) atoms. The first-order valence-electron chi connectivity index (χ1n) is 8.33. The lowest BCUT2D eigenvalue weighted by molar-refractivity contribution is 0.756.